The van der Waals surface area contributed by atoms with Crippen molar-refractivity contribution in [1.29, 1.82) is 0 Å². The van der Waals surface area contributed by atoms with E-state index in [1.165, 1.54) is 0 Å². The Morgan fingerprint density at radius 1 is 1.12 bits per heavy atom. The van der Waals surface area contributed by atoms with Crippen LogP contribution in [-0.2, 0) is 13.0 Å². The Hall–Kier alpha value is -2.59. The standard InChI is InChI=1S/C22H25NO3/c1-4-14(2)23-13-19-20(24)11-10-17-15(3)18(22(25)26-21(17)19)12-16-8-6-5-7-9-16/h5-11,14,23-24H,4,12-13H2,1-3H3/t14-/m0/s1. The number of benzene rings is 2. The number of aromatic hydroxyl groups is 1. The molecule has 136 valence electrons. The molecule has 2 N–H and O–H groups in total. The normalized spacial score (nSPS) is 12.4. The maximum Gasteiger partial charge on any atom is 0.340 e. The number of nitrogens with one attached hydrogen (secondary N) is 1. The monoisotopic (exact) mass is 351 g/mol. The Morgan fingerprint density at radius 3 is 2.54 bits per heavy atom. The van der Waals surface area contributed by atoms with Gasteiger partial charge in [-0.1, -0.05) is 37.3 Å². The van der Waals surface area contributed by atoms with Crippen molar-refractivity contribution >= 4 is 11.0 Å². The van der Waals surface area contributed by atoms with E-state index in [9.17, 15) is 9.90 Å². The minimum atomic E-state index is -0.339. The molecule has 1 atom stereocenters. The van der Waals surface area contributed by atoms with Gasteiger partial charge >= 0.3 is 5.63 Å². The van der Waals surface area contributed by atoms with E-state index in [0.29, 0.717) is 35.7 Å². The van der Waals surface area contributed by atoms with E-state index in [0.717, 1.165) is 22.9 Å². The molecule has 0 saturated heterocycles. The van der Waals surface area contributed by atoms with Crippen molar-refractivity contribution in [3.63, 3.8) is 0 Å². The Labute approximate surface area is 153 Å². The van der Waals surface area contributed by atoms with Crippen LogP contribution < -0.4 is 10.9 Å². The highest BCUT2D eigenvalue weighted by Gasteiger charge is 2.17. The molecule has 0 saturated carbocycles. The molecule has 0 unspecified atom stereocenters. The number of fused-ring (bicyclic) bond motifs is 1. The van der Waals surface area contributed by atoms with E-state index in [-0.39, 0.29) is 11.4 Å². The molecule has 4 nitrogen and oxygen atoms in total. The van der Waals surface area contributed by atoms with Gasteiger partial charge in [-0.05, 0) is 43.5 Å². The second kappa shape index (κ2) is 7.75. The van der Waals surface area contributed by atoms with Crippen LogP contribution in [0.3, 0.4) is 0 Å². The zero-order chi connectivity index (χ0) is 18.7. The van der Waals surface area contributed by atoms with Crippen LogP contribution in [0.25, 0.3) is 11.0 Å². The van der Waals surface area contributed by atoms with Crippen LogP contribution in [0.15, 0.2) is 51.7 Å². The summed E-state index contributed by atoms with van der Waals surface area (Å²) in [7, 11) is 0. The molecule has 4 heteroatoms. The van der Waals surface area contributed by atoms with Crippen molar-refractivity contribution < 1.29 is 9.52 Å². The molecule has 0 spiro atoms. The second-order valence-corrected chi connectivity index (χ2v) is 6.79. The van der Waals surface area contributed by atoms with Crippen molar-refractivity contribution in [1.82, 2.24) is 5.32 Å². The van der Waals surface area contributed by atoms with E-state index in [1.807, 2.05) is 43.3 Å². The molecule has 3 rings (SSSR count). The van der Waals surface area contributed by atoms with Gasteiger partial charge in [-0.3, -0.25) is 0 Å². The zero-order valence-electron chi connectivity index (χ0n) is 15.5. The summed E-state index contributed by atoms with van der Waals surface area (Å²) in [4.78, 5) is 12.6. The Kier molecular flexibility index (Phi) is 5.43. The summed E-state index contributed by atoms with van der Waals surface area (Å²) < 4.78 is 5.67. The van der Waals surface area contributed by atoms with Crippen LogP contribution in [0, 0.1) is 6.92 Å². The summed E-state index contributed by atoms with van der Waals surface area (Å²) in [5, 5.41) is 14.5. The highest BCUT2D eigenvalue weighted by atomic mass is 16.4. The first-order valence-corrected chi connectivity index (χ1v) is 9.05. The summed E-state index contributed by atoms with van der Waals surface area (Å²) in [5.74, 6) is 0.145. The van der Waals surface area contributed by atoms with E-state index >= 15 is 0 Å². The van der Waals surface area contributed by atoms with Crippen LogP contribution in [0.4, 0.5) is 0 Å². The van der Waals surface area contributed by atoms with Gasteiger partial charge in [0.15, 0.2) is 0 Å². The van der Waals surface area contributed by atoms with Gasteiger partial charge in [0.25, 0.3) is 0 Å². The molecule has 26 heavy (non-hydrogen) atoms. The smallest absolute Gasteiger partial charge is 0.340 e. The van der Waals surface area contributed by atoms with Gasteiger partial charge in [-0.2, -0.15) is 0 Å². The number of aryl methyl sites for hydroxylation is 1. The number of phenols is 1. The first kappa shape index (κ1) is 18.2. The SMILES string of the molecule is CC[C@H](C)NCc1c(O)ccc2c(C)c(Cc3ccccc3)c(=O)oc12. The summed E-state index contributed by atoms with van der Waals surface area (Å²) in [6, 6.07) is 13.7. The first-order valence-electron chi connectivity index (χ1n) is 9.05. The molecule has 0 radical (unpaired) electrons. The van der Waals surface area contributed by atoms with Gasteiger partial charge in [0.05, 0.1) is 5.56 Å². The Bertz CT molecular complexity index is 961. The average Bonchev–Trinajstić information content (AvgIpc) is 2.65. The minimum absolute atomic E-state index is 0.145. The maximum atomic E-state index is 12.6. The van der Waals surface area contributed by atoms with Crippen LogP contribution >= 0.6 is 0 Å². The molecule has 0 aliphatic rings. The number of hydrogen-bond acceptors (Lipinski definition) is 4. The summed E-state index contributed by atoms with van der Waals surface area (Å²) >= 11 is 0. The summed E-state index contributed by atoms with van der Waals surface area (Å²) in [6.45, 7) is 6.58. The summed E-state index contributed by atoms with van der Waals surface area (Å²) in [6.07, 6.45) is 1.52. The number of rotatable bonds is 6. The number of hydrogen-bond donors (Lipinski definition) is 2. The Balaban J connectivity index is 2.07. The third-order valence-corrected chi connectivity index (χ3v) is 5.00. The van der Waals surface area contributed by atoms with Crippen LogP contribution in [0.5, 0.6) is 5.75 Å². The van der Waals surface area contributed by atoms with Gasteiger partial charge in [0.2, 0.25) is 0 Å². The van der Waals surface area contributed by atoms with Gasteiger partial charge in [0, 0.05) is 30.0 Å². The van der Waals surface area contributed by atoms with Crippen molar-refractivity contribution in [2.45, 2.75) is 46.2 Å². The van der Waals surface area contributed by atoms with Crippen molar-refractivity contribution in [2.24, 2.45) is 0 Å². The first-order chi connectivity index (χ1) is 12.5. The molecule has 2 aromatic carbocycles. The predicted octanol–water partition coefficient (Wildman–Crippen LogP) is 4.29. The highest BCUT2D eigenvalue weighted by molar-refractivity contribution is 5.85. The quantitative estimate of drug-likeness (QED) is 0.651. The van der Waals surface area contributed by atoms with Crippen LogP contribution in [-0.4, -0.2) is 11.1 Å². The molecule has 0 bridgehead atoms. The maximum absolute atomic E-state index is 12.6. The van der Waals surface area contributed by atoms with E-state index in [1.54, 1.807) is 6.07 Å². The fourth-order valence-electron chi connectivity index (χ4n) is 3.10. The van der Waals surface area contributed by atoms with Gasteiger partial charge in [0.1, 0.15) is 11.3 Å². The molecule has 1 aromatic heterocycles. The molecular formula is C22H25NO3. The van der Waals surface area contributed by atoms with E-state index in [4.69, 9.17) is 4.42 Å². The second-order valence-electron chi connectivity index (χ2n) is 6.79. The molecule has 1 heterocycles. The minimum Gasteiger partial charge on any atom is -0.507 e. The zero-order valence-corrected chi connectivity index (χ0v) is 15.5. The predicted molar refractivity (Wildman–Crippen MR) is 105 cm³/mol. The third kappa shape index (κ3) is 3.65. The lowest BCUT2D eigenvalue weighted by atomic mass is 9.98. The van der Waals surface area contributed by atoms with Crippen LogP contribution in [0.1, 0.15) is 42.5 Å². The van der Waals surface area contributed by atoms with Gasteiger partial charge < -0.3 is 14.8 Å². The van der Waals surface area contributed by atoms with E-state index < -0.39 is 0 Å². The molecule has 0 amide bonds. The fourth-order valence-corrected chi connectivity index (χ4v) is 3.10. The van der Waals surface area contributed by atoms with E-state index in [2.05, 4.69) is 19.2 Å². The fraction of sp³-hybridized carbons (Fsp3) is 0.318. The lowest BCUT2D eigenvalue weighted by Gasteiger charge is -2.15. The molecule has 0 aliphatic carbocycles. The van der Waals surface area contributed by atoms with Crippen molar-refractivity contribution in [2.75, 3.05) is 0 Å². The third-order valence-electron chi connectivity index (χ3n) is 5.00. The molecule has 0 aliphatic heterocycles. The molecular weight excluding hydrogens is 326 g/mol. The Morgan fingerprint density at radius 2 is 1.85 bits per heavy atom. The van der Waals surface area contributed by atoms with Crippen LogP contribution in [0.2, 0.25) is 0 Å². The topological polar surface area (TPSA) is 62.5 Å². The lowest BCUT2D eigenvalue weighted by Crippen LogP contribution is -2.24. The highest BCUT2D eigenvalue weighted by Crippen LogP contribution is 2.30. The van der Waals surface area contributed by atoms with Gasteiger partial charge in [-0.25, -0.2) is 4.79 Å². The summed E-state index contributed by atoms with van der Waals surface area (Å²) in [5.41, 5.74) is 3.41. The average molecular weight is 351 g/mol. The lowest BCUT2D eigenvalue weighted by molar-refractivity contribution is 0.453. The molecule has 0 fully saturated rings. The van der Waals surface area contributed by atoms with Gasteiger partial charge in [-0.15, -0.1) is 0 Å². The largest absolute Gasteiger partial charge is 0.507 e. The number of phenolic OH excluding ortho intramolecular Hbond substituents is 1. The van der Waals surface area contributed by atoms with Crippen molar-refractivity contribution in [3.8, 4) is 5.75 Å². The molecule has 3 aromatic rings. The van der Waals surface area contributed by atoms with Crippen molar-refractivity contribution in [3.05, 3.63) is 75.1 Å².